The fraction of sp³-hybridized carbons (Fsp3) is 0.250. The van der Waals surface area contributed by atoms with E-state index in [1.165, 1.54) is 0 Å². The molecule has 0 atom stereocenters. The van der Waals surface area contributed by atoms with Crippen LogP contribution in [0.15, 0.2) is 30.3 Å². The summed E-state index contributed by atoms with van der Waals surface area (Å²) in [5.74, 6) is 0.841. The minimum atomic E-state index is 0.229. The fourth-order valence-corrected chi connectivity index (χ4v) is 2.55. The van der Waals surface area contributed by atoms with E-state index in [4.69, 9.17) is 9.47 Å². The molecular formula is C16H17N3O3. The van der Waals surface area contributed by atoms with E-state index in [0.717, 1.165) is 32.8 Å². The fourth-order valence-electron chi connectivity index (χ4n) is 2.55. The molecule has 0 bridgehead atoms. The number of ether oxygens (including phenoxy) is 2. The summed E-state index contributed by atoms with van der Waals surface area (Å²) < 4.78 is 10.6. The number of aromatic nitrogens is 3. The Kier molecular flexibility index (Phi) is 3.68. The topological polar surface area (TPSA) is 69.4 Å². The second-order valence-electron chi connectivity index (χ2n) is 5.17. The van der Waals surface area contributed by atoms with Gasteiger partial charge in [-0.1, -0.05) is 10.9 Å². The van der Waals surface area contributed by atoms with Crippen LogP contribution in [-0.2, 0) is 4.74 Å². The summed E-state index contributed by atoms with van der Waals surface area (Å²) in [5, 5.41) is 17.0. The Labute approximate surface area is 127 Å². The van der Waals surface area contributed by atoms with Crippen LogP contribution in [0.25, 0.3) is 22.2 Å². The van der Waals surface area contributed by atoms with Gasteiger partial charge in [0.2, 0.25) is 0 Å². The van der Waals surface area contributed by atoms with E-state index in [9.17, 15) is 5.21 Å². The van der Waals surface area contributed by atoms with Gasteiger partial charge in [-0.15, -0.1) is 5.10 Å². The van der Waals surface area contributed by atoms with Crippen molar-refractivity contribution < 1.29 is 14.7 Å². The summed E-state index contributed by atoms with van der Waals surface area (Å²) in [6.45, 7) is 4.24. The highest BCUT2D eigenvalue weighted by Gasteiger charge is 2.10. The van der Waals surface area contributed by atoms with Crippen LogP contribution in [0.1, 0.15) is 11.1 Å². The van der Waals surface area contributed by atoms with Gasteiger partial charge in [-0.05, 0) is 65.6 Å². The lowest BCUT2D eigenvalue weighted by atomic mass is 9.99. The van der Waals surface area contributed by atoms with Gasteiger partial charge in [0.15, 0.2) is 6.79 Å². The SMILES string of the molecule is COCOc1c(C)cc(-c2ccc3c(c2)nnn3O)cc1C. The first kappa shape index (κ1) is 14.3. The predicted octanol–water partition coefficient (Wildman–Crippen LogP) is 2.94. The van der Waals surface area contributed by atoms with Crippen LogP contribution in [-0.4, -0.2) is 34.3 Å². The summed E-state index contributed by atoms with van der Waals surface area (Å²) in [4.78, 5) is 0.775. The van der Waals surface area contributed by atoms with Crippen molar-refractivity contribution in [3.8, 4) is 16.9 Å². The number of nitrogens with zero attached hydrogens (tertiary/aromatic N) is 3. The Morgan fingerprint density at radius 1 is 1.09 bits per heavy atom. The van der Waals surface area contributed by atoms with Crippen molar-refractivity contribution in [1.82, 2.24) is 15.2 Å². The lowest BCUT2D eigenvalue weighted by Gasteiger charge is -2.13. The highest BCUT2D eigenvalue weighted by atomic mass is 16.7. The van der Waals surface area contributed by atoms with Crippen LogP contribution in [0.3, 0.4) is 0 Å². The Hall–Kier alpha value is -2.60. The molecule has 3 aromatic rings. The van der Waals surface area contributed by atoms with Crippen molar-refractivity contribution in [3.05, 3.63) is 41.5 Å². The molecule has 0 saturated heterocycles. The van der Waals surface area contributed by atoms with Crippen LogP contribution in [0.2, 0.25) is 0 Å². The highest BCUT2D eigenvalue weighted by Crippen LogP contribution is 2.31. The maximum atomic E-state index is 9.49. The molecule has 114 valence electrons. The van der Waals surface area contributed by atoms with Crippen LogP contribution >= 0.6 is 0 Å². The van der Waals surface area contributed by atoms with Crippen molar-refractivity contribution in [2.45, 2.75) is 13.8 Å². The Balaban J connectivity index is 2.02. The molecule has 0 radical (unpaired) electrons. The molecule has 0 unspecified atom stereocenters. The summed E-state index contributed by atoms with van der Waals surface area (Å²) >= 11 is 0. The van der Waals surface area contributed by atoms with Gasteiger partial charge in [0, 0.05) is 7.11 Å². The predicted molar refractivity (Wildman–Crippen MR) is 82.1 cm³/mol. The molecule has 6 nitrogen and oxygen atoms in total. The first-order valence-corrected chi connectivity index (χ1v) is 6.88. The lowest BCUT2D eigenvalue weighted by Crippen LogP contribution is -2.02. The molecule has 3 rings (SSSR count). The summed E-state index contributed by atoms with van der Waals surface area (Å²) in [7, 11) is 1.60. The standard InChI is InChI=1S/C16H17N3O3/c1-10-6-13(7-11(2)16(10)22-9-21-3)12-4-5-15-14(8-12)17-18-19(15)20/h4-8,20H,9H2,1-3H3. The van der Waals surface area contributed by atoms with E-state index in [1.54, 1.807) is 13.2 Å². The van der Waals surface area contributed by atoms with Gasteiger partial charge in [-0.3, -0.25) is 0 Å². The minimum absolute atomic E-state index is 0.229. The van der Waals surface area contributed by atoms with Gasteiger partial charge in [-0.2, -0.15) is 0 Å². The van der Waals surface area contributed by atoms with E-state index >= 15 is 0 Å². The van der Waals surface area contributed by atoms with Crippen molar-refractivity contribution >= 4 is 11.0 Å². The molecular weight excluding hydrogens is 282 g/mol. The van der Waals surface area contributed by atoms with Crippen molar-refractivity contribution in [2.75, 3.05) is 13.9 Å². The van der Waals surface area contributed by atoms with Gasteiger partial charge in [-0.25, -0.2) is 0 Å². The number of methoxy groups -OCH3 is 1. The molecule has 0 aliphatic rings. The summed E-state index contributed by atoms with van der Waals surface area (Å²) in [6.07, 6.45) is 0. The summed E-state index contributed by atoms with van der Waals surface area (Å²) in [6, 6.07) is 9.75. The van der Waals surface area contributed by atoms with E-state index in [2.05, 4.69) is 22.4 Å². The van der Waals surface area contributed by atoms with Crippen molar-refractivity contribution in [3.63, 3.8) is 0 Å². The normalized spacial score (nSPS) is 11.0. The third-order valence-electron chi connectivity index (χ3n) is 3.54. The smallest absolute Gasteiger partial charge is 0.188 e. The maximum Gasteiger partial charge on any atom is 0.188 e. The zero-order chi connectivity index (χ0) is 15.7. The van der Waals surface area contributed by atoms with Gasteiger partial charge in [0.25, 0.3) is 0 Å². The monoisotopic (exact) mass is 299 g/mol. The Bertz CT molecular complexity index is 804. The molecule has 0 fully saturated rings. The van der Waals surface area contributed by atoms with Gasteiger partial charge in [0.05, 0.1) is 0 Å². The van der Waals surface area contributed by atoms with Crippen molar-refractivity contribution in [1.29, 1.82) is 0 Å². The number of fused-ring (bicyclic) bond motifs is 1. The maximum absolute atomic E-state index is 9.49. The second-order valence-corrected chi connectivity index (χ2v) is 5.17. The van der Waals surface area contributed by atoms with E-state index in [-0.39, 0.29) is 6.79 Å². The average molecular weight is 299 g/mol. The van der Waals surface area contributed by atoms with Crippen LogP contribution < -0.4 is 4.74 Å². The molecule has 22 heavy (non-hydrogen) atoms. The number of hydrogen-bond acceptors (Lipinski definition) is 5. The molecule has 1 N–H and O–H groups in total. The van der Waals surface area contributed by atoms with Crippen molar-refractivity contribution in [2.24, 2.45) is 0 Å². The molecule has 0 amide bonds. The van der Waals surface area contributed by atoms with E-state index < -0.39 is 0 Å². The summed E-state index contributed by atoms with van der Waals surface area (Å²) in [5.41, 5.74) is 5.38. The zero-order valence-electron chi connectivity index (χ0n) is 12.7. The lowest BCUT2D eigenvalue weighted by molar-refractivity contribution is 0.0501. The number of rotatable bonds is 4. The Morgan fingerprint density at radius 2 is 1.82 bits per heavy atom. The molecule has 0 spiro atoms. The first-order valence-electron chi connectivity index (χ1n) is 6.88. The molecule has 0 aliphatic heterocycles. The van der Waals surface area contributed by atoms with Gasteiger partial charge >= 0.3 is 0 Å². The van der Waals surface area contributed by atoms with E-state index in [0.29, 0.717) is 11.0 Å². The molecule has 1 aromatic heterocycles. The van der Waals surface area contributed by atoms with Crippen LogP contribution in [0.4, 0.5) is 0 Å². The molecule has 1 heterocycles. The zero-order valence-corrected chi connectivity index (χ0v) is 12.7. The number of benzene rings is 2. The first-order chi connectivity index (χ1) is 10.6. The second kappa shape index (κ2) is 5.65. The molecule has 2 aromatic carbocycles. The number of hydrogen-bond donors (Lipinski definition) is 1. The molecule has 0 saturated carbocycles. The third-order valence-corrected chi connectivity index (χ3v) is 3.54. The average Bonchev–Trinajstić information content (AvgIpc) is 2.87. The van der Waals surface area contributed by atoms with Gasteiger partial charge < -0.3 is 14.7 Å². The largest absolute Gasteiger partial charge is 0.467 e. The minimum Gasteiger partial charge on any atom is -0.467 e. The van der Waals surface area contributed by atoms with E-state index in [1.807, 2.05) is 26.0 Å². The molecule has 6 heteroatoms. The quantitative estimate of drug-likeness (QED) is 0.592. The Morgan fingerprint density at radius 3 is 2.50 bits per heavy atom. The van der Waals surface area contributed by atoms with Gasteiger partial charge in [0.1, 0.15) is 16.8 Å². The molecule has 0 aliphatic carbocycles. The highest BCUT2D eigenvalue weighted by molar-refractivity contribution is 5.81. The van der Waals surface area contributed by atoms with Crippen LogP contribution in [0, 0.1) is 13.8 Å². The number of aryl methyl sites for hydroxylation is 2. The van der Waals surface area contributed by atoms with Crippen LogP contribution in [0.5, 0.6) is 5.75 Å². The third kappa shape index (κ3) is 2.48.